The van der Waals surface area contributed by atoms with Crippen LogP contribution in [0.4, 0.5) is 0 Å². The van der Waals surface area contributed by atoms with E-state index in [1.807, 2.05) is 6.92 Å². The van der Waals surface area contributed by atoms with Crippen LogP contribution in [0.15, 0.2) is 24.3 Å². The second-order valence-corrected chi connectivity index (χ2v) is 6.90. The maximum atomic E-state index is 10.7. The number of phenols is 6. The third kappa shape index (κ3) is 3.28. The Bertz CT molecular complexity index is 918. The zero-order valence-corrected chi connectivity index (χ0v) is 14.9. The molecular formula is C20H22O7. The topological polar surface area (TPSA) is 131 Å². The van der Waals surface area contributed by atoms with E-state index in [0.29, 0.717) is 18.4 Å². The highest BCUT2D eigenvalue weighted by molar-refractivity contribution is 5.63. The van der Waals surface area contributed by atoms with Crippen LogP contribution >= 0.6 is 0 Å². The first-order valence-corrected chi connectivity index (χ1v) is 8.51. The van der Waals surface area contributed by atoms with E-state index in [1.54, 1.807) is 0 Å². The minimum atomic E-state index is -0.531. The molecule has 144 valence electrons. The predicted octanol–water partition coefficient (Wildman–Crippen LogP) is 3.15. The first kappa shape index (κ1) is 18.6. The summed E-state index contributed by atoms with van der Waals surface area (Å²) < 4.78 is 5.49. The van der Waals surface area contributed by atoms with Crippen LogP contribution in [-0.2, 0) is 12.8 Å². The van der Waals surface area contributed by atoms with Gasteiger partial charge >= 0.3 is 0 Å². The van der Waals surface area contributed by atoms with Crippen LogP contribution in [0.3, 0.4) is 0 Å². The summed E-state index contributed by atoms with van der Waals surface area (Å²) in [7, 11) is 0. The van der Waals surface area contributed by atoms with Crippen molar-refractivity contribution in [2.45, 2.75) is 32.1 Å². The summed E-state index contributed by atoms with van der Waals surface area (Å²) in [4.78, 5) is 0. The van der Waals surface area contributed by atoms with Crippen molar-refractivity contribution in [2.24, 2.45) is 0 Å². The van der Waals surface area contributed by atoms with Gasteiger partial charge in [-0.2, -0.15) is 0 Å². The molecule has 0 fully saturated rings. The first-order chi connectivity index (χ1) is 12.7. The lowest BCUT2D eigenvalue weighted by Gasteiger charge is -2.28. The fraction of sp³-hybridized carbons (Fsp3) is 0.300. The van der Waals surface area contributed by atoms with Crippen molar-refractivity contribution in [2.75, 3.05) is 6.61 Å². The van der Waals surface area contributed by atoms with E-state index in [0.717, 1.165) is 11.6 Å². The summed E-state index contributed by atoms with van der Waals surface area (Å²) in [5, 5.41) is 60.7. The molecule has 0 aromatic heterocycles. The van der Waals surface area contributed by atoms with Crippen LogP contribution in [0.25, 0.3) is 0 Å². The van der Waals surface area contributed by atoms with Crippen molar-refractivity contribution < 1.29 is 35.4 Å². The molecule has 7 heteroatoms. The van der Waals surface area contributed by atoms with Crippen LogP contribution < -0.4 is 4.74 Å². The molecule has 3 rings (SSSR count). The van der Waals surface area contributed by atoms with E-state index < -0.39 is 17.4 Å². The molecule has 1 aliphatic rings. The number of hydrogen-bond donors (Lipinski definition) is 6. The minimum absolute atomic E-state index is 0.00469. The van der Waals surface area contributed by atoms with Gasteiger partial charge in [-0.05, 0) is 26.2 Å². The Morgan fingerprint density at radius 2 is 1.67 bits per heavy atom. The van der Waals surface area contributed by atoms with E-state index in [1.165, 1.54) is 6.07 Å². The number of allylic oxidation sites excluding steroid dienone is 1. The van der Waals surface area contributed by atoms with E-state index >= 15 is 0 Å². The molecule has 0 radical (unpaired) electrons. The molecule has 27 heavy (non-hydrogen) atoms. The lowest BCUT2D eigenvalue weighted by Crippen LogP contribution is -2.20. The van der Waals surface area contributed by atoms with Gasteiger partial charge in [0, 0.05) is 34.7 Å². The summed E-state index contributed by atoms with van der Waals surface area (Å²) in [6.07, 6.45) is 1.06. The van der Waals surface area contributed by atoms with Crippen LogP contribution in [0.5, 0.6) is 40.2 Å². The van der Waals surface area contributed by atoms with E-state index in [4.69, 9.17) is 4.74 Å². The maximum Gasteiger partial charge on any atom is 0.201 e. The lowest BCUT2D eigenvalue weighted by molar-refractivity contribution is 0.237. The third-order valence-electron chi connectivity index (χ3n) is 4.80. The molecule has 0 saturated carbocycles. The number of hydrogen-bond acceptors (Lipinski definition) is 7. The van der Waals surface area contributed by atoms with Crippen molar-refractivity contribution in [3.8, 4) is 40.2 Å². The Morgan fingerprint density at radius 3 is 2.33 bits per heavy atom. The smallest absolute Gasteiger partial charge is 0.201 e. The number of benzene rings is 2. The Kier molecular flexibility index (Phi) is 4.70. The van der Waals surface area contributed by atoms with Gasteiger partial charge in [0.25, 0.3) is 0 Å². The number of phenolic OH excluding ortho intramolecular Hbond substituents is 6. The number of fused-ring (bicyclic) bond motifs is 1. The molecule has 1 heterocycles. The molecule has 0 spiro atoms. The zero-order valence-electron chi connectivity index (χ0n) is 14.9. The molecule has 0 saturated heterocycles. The summed E-state index contributed by atoms with van der Waals surface area (Å²) in [5.41, 5.74) is 1.65. The molecule has 0 aliphatic carbocycles. The Labute approximate surface area is 156 Å². The molecule has 1 atom stereocenters. The van der Waals surface area contributed by atoms with Crippen LogP contribution in [-0.4, -0.2) is 37.2 Å². The Morgan fingerprint density at radius 1 is 1.00 bits per heavy atom. The second kappa shape index (κ2) is 6.83. The number of ether oxygens (including phenoxy) is 1. The van der Waals surface area contributed by atoms with E-state index in [9.17, 15) is 30.6 Å². The average molecular weight is 374 g/mol. The molecule has 7 nitrogen and oxygen atoms in total. The summed E-state index contributed by atoms with van der Waals surface area (Å²) in [6, 6.07) is 2.18. The van der Waals surface area contributed by atoms with Gasteiger partial charge < -0.3 is 35.4 Å². The van der Waals surface area contributed by atoms with Gasteiger partial charge in [0.05, 0.1) is 6.61 Å². The number of aromatic hydroxyl groups is 6. The third-order valence-corrected chi connectivity index (χ3v) is 4.80. The minimum Gasteiger partial charge on any atom is -0.507 e. The average Bonchev–Trinajstić information content (AvgIpc) is 2.59. The van der Waals surface area contributed by atoms with Gasteiger partial charge in [-0.25, -0.2) is 0 Å². The van der Waals surface area contributed by atoms with Crippen LogP contribution in [0, 0.1) is 0 Å². The number of rotatable bonds is 4. The molecule has 0 bridgehead atoms. The van der Waals surface area contributed by atoms with Gasteiger partial charge in [0.2, 0.25) is 5.75 Å². The molecule has 2 aromatic rings. The van der Waals surface area contributed by atoms with Crippen molar-refractivity contribution >= 4 is 0 Å². The molecule has 2 aromatic carbocycles. The molecule has 1 unspecified atom stereocenters. The molecule has 0 amide bonds. The fourth-order valence-corrected chi connectivity index (χ4v) is 3.37. The highest BCUT2D eigenvalue weighted by Crippen LogP contribution is 2.50. The van der Waals surface area contributed by atoms with Gasteiger partial charge in [0.15, 0.2) is 11.5 Å². The Balaban J connectivity index is 2.02. The summed E-state index contributed by atoms with van der Waals surface area (Å²) in [5.74, 6) is -2.51. The van der Waals surface area contributed by atoms with Gasteiger partial charge in [-0.15, -0.1) is 6.58 Å². The summed E-state index contributed by atoms with van der Waals surface area (Å²) >= 11 is 0. The molecule has 6 N–H and O–H groups in total. The molecule has 1 aliphatic heterocycles. The van der Waals surface area contributed by atoms with Crippen molar-refractivity contribution in [3.63, 3.8) is 0 Å². The van der Waals surface area contributed by atoms with Gasteiger partial charge in [-0.1, -0.05) is 5.57 Å². The van der Waals surface area contributed by atoms with Gasteiger partial charge in [0.1, 0.15) is 23.0 Å². The normalized spacial score (nSPS) is 15.8. The molecular weight excluding hydrogens is 352 g/mol. The quantitative estimate of drug-likeness (QED) is 0.275. The summed E-state index contributed by atoms with van der Waals surface area (Å²) in [6.45, 7) is 5.64. The maximum absolute atomic E-state index is 10.7. The largest absolute Gasteiger partial charge is 0.507 e. The predicted molar refractivity (Wildman–Crippen MR) is 97.9 cm³/mol. The van der Waals surface area contributed by atoms with E-state index in [-0.39, 0.29) is 52.9 Å². The lowest BCUT2D eigenvalue weighted by atomic mass is 9.86. The fourth-order valence-electron chi connectivity index (χ4n) is 3.37. The SMILES string of the molecule is C=C(C)CCc1c(O)cc(O)c(C2COc3c(O)c(O)cc(O)c3C2)c1O. The Hall–Kier alpha value is -3.22. The highest BCUT2D eigenvalue weighted by atomic mass is 16.5. The standard InChI is InChI=1S/C20H22O7/c1-9(2)3-4-11-13(21)6-15(23)17(18(11)25)10-5-12-14(22)7-16(24)19(26)20(12)27-8-10/h6-7,10,21-26H,1,3-5,8H2,2H3. The van der Waals surface area contributed by atoms with Crippen molar-refractivity contribution in [1.29, 1.82) is 0 Å². The van der Waals surface area contributed by atoms with Crippen LogP contribution in [0.1, 0.15) is 36.0 Å². The van der Waals surface area contributed by atoms with Gasteiger partial charge in [-0.3, -0.25) is 0 Å². The van der Waals surface area contributed by atoms with E-state index in [2.05, 4.69) is 6.58 Å². The zero-order chi connectivity index (χ0) is 19.9. The highest BCUT2D eigenvalue weighted by Gasteiger charge is 2.32. The van der Waals surface area contributed by atoms with Crippen molar-refractivity contribution in [1.82, 2.24) is 0 Å². The van der Waals surface area contributed by atoms with Crippen LogP contribution in [0.2, 0.25) is 0 Å². The first-order valence-electron chi connectivity index (χ1n) is 8.51. The van der Waals surface area contributed by atoms with Crippen molar-refractivity contribution in [3.05, 3.63) is 41.0 Å². The monoisotopic (exact) mass is 374 g/mol. The second-order valence-electron chi connectivity index (χ2n) is 6.90.